The van der Waals surface area contributed by atoms with Crippen molar-refractivity contribution < 1.29 is 14.3 Å². The molecule has 1 aliphatic rings. The molecule has 1 aliphatic heterocycles. The Morgan fingerprint density at radius 2 is 2.17 bits per heavy atom. The second-order valence-corrected chi connectivity index (χ2v) is 6.32. The van der Waals surface area contributed by atoms with Gasteiger partial charge in [-0.15, -0.1) is 11.3 Å². The van der Waals surface area contributed by atoms with Crippen molar-refractivity contribution in [2.75, 3.05) is 6.79 Å². The van der Waals surface area contributed by atoms with Gasteiger partial charge >= 0.3 is 0 Å². The molecule has 3 aromatic rings. The Morgan fingerprint density at radius 3 is 3.00 bits per heavy atom. The fraction of sp³-hybridized carbons (Fsp3) is 0.176. The molecule has 0 spiro atoms. The minimum atomic E-state index is -0.170. The summed E-state index contributed by atoms with van der Waals surface area (Å²) in [6.07, 6.45) is 0. The van der Waals surface area contributed by atoms with Gasteiger partial charge in [-0.25, -0.2) is 0 Å². The highest BCUT2D eigenvalue weighted by Gasteiger charge is 2.16. The van der Waals surface area contributed by atoms with E-state index in [2.05, 4.69) is 16.5 Å². The Labute approximate surface area is 142 Å². The largest absolute Gasteiger partial charge is 0.454 e. The minimum Gasteiger partial charge on any atom is -0.454 e. The average Bonchev–Trinajstić information content (AvgIpc) is 3.32. The lowest BCUT2D eigenvalue weighted by atomic mass is 10.2. The van der Waals surface area contributed by atoms with Gasteiger partial charge in [0.1, 0.15) is 0 Å². The van der Waals surface area contributed by atoms with Crippen molar-refractivity contribution >= 4 is 17.2 Å². The van der Waals surface area contributed by atoms with Crippen LogP contribution in [0.25, 0.3) is 10.6 Å². The molecule has 4 rings (SSSR count). The molecule has 1 aromatic carbocycles. The maximum absolute atomic E-state index is 12.3. The molecule has 7 heteroatoms. The van der Waals surface area contributed by atoms with Crippen LogP contribution in [-0.2, 0) is 13.6 Å². The van der Waals surface area contributed by atoms with Crippen LogP contribution in [0.4, 0.5) is 0 Å². The van der Waals surface area contributed by atoms with Crippen molar-refractivity contribution in [2.45, 2.75) is 6.54 Å². The highest BCUT2D eigenvalue weighted by molar-refractivity contribution is 7.13. The van der Waals surface area contributed by atoms with E-state index >= 15 is 0 Å². The fourth-order valence-corrected chi connectivity index (χ4v) is 3.35. The van der Waals surface area contributed by atoms with Gasteiger partial charge in [-0.3, -0.25) is 9.48 Å². The second kappa shape index (κ2) is 6.01. The quantitative estimate of drug-likeness (QED) is 0.792. The molecule has 0 saturated heterocycles. The van der Waals surface area contributed by atoms with Crippen molar-refractivity contribution in [3.05, 3.63) is 53.0 Å². The highest BCUT2D eigenvalue weighted by Crippen LogP contribution is 2.32. The first kappa shape index (κ1) is 14.8. The fourth-order valence-electron chi connectivity index (χ4n) is 2.58. The van der Waals surface area contributed by atoms with Gasteiger partial charge < -0.3 is 14.8 Å². The third kappa shape index (κ3) is 2.74. The van der Waals surface area contributed by atoms with Crippen LogP contribution in [0.15, 0.2) is 41.8 Å². The number of rotatable bonds is 4. The molecule has 0 radical (unpaired) electrons. The maximum Gasteiger partial charge on any atom is 0.251 e. The topological polar surface area (TPSA) is 65.4 Å². The molecule has 24 heavy (non-hydrogen) atoms. The number of aromatic nitrogens is 2. The third-order valence-electron chi connectivity index (χ3n) is 3.77. The zero-order valence-corrected chi connectivity index (χ0v) is 13.8. The maximum atomic E-state index is 12.3. The Kier molecular flexibility index (Phi) is 3.70. The number of hydrogen-bond donors (Lipinski definition) is 1. The number of aryl methyl sites for hydroxylation is 1. The van der Waals surface area contributed by atoms with Crippen molar-refractivity contribution in [3.8, 4) is 22.1 Å². The second-order valence-electron chi connectivity index (χ2n) is 5.37. The van der Waals surface area contributed by atoms with Crippen molar-refractivity contribution in [1.82, 2.24) is 15.1 Å². The van der Waals surface area contributed by atoms with E-state index in [-0.39, 0.29) is 12.7 Å². The number of carbonyl (C=O) groups is 1. The summed E-state index contributed by atoms with van der Waals surface area (Å²) in [5.74, 6) is 1.09. The van der Waals surface area contributed by atoms with Gasteiger partial charge in [-0.05, 0) is 35.7 Å². The molecule has 122 valence electrons. The van der Waals surface area contributed by atoms with Crippen molar-refractivity contribution in [2.24, 2.45) is 7.05 Å². The summed E-state index contributed by atoms with van der Waals surface area (Å²) in [6, 6.07) is 11.2. The molecule has 0 saturated carbocycles. The van der Waals surface area contributed by atoms with Crippen LogP contribution >= 0.6 is 11.3 Å². The van der Waals surface area contributed by atoms with E-state index in [1.807, 2.05) is 29.2 Å². The van der Waals surface area contributed by atoms with Crippen LogP contribution in [0.2, 0.25) is 0 Å². The van der Waals surface area contributed by atoms with Gasteiger partial charge in [0.15, 0.2) is 11.5 Å². The van der Waals surface area contributed by atoms with Crippen LogP contribution in [-0.4, -0.2) is 22.5 Å². The Hall–Kier alpha value is -2.80. The normalized spacial score (nSPS) is 12.4. The first-order valence-corrected chi connectivity index (χ1v) is 8.33. The van der Waals surface area contributed by atoms with E-state index in [0.29, 0.717) is 23.6 Å². The Balaban J connectivity index is 1.45. The molecular weight excluding hydrogens is 326 g/mol. The monoisotopic (exact) mass is 341 g/mol. The van der Waals surface area contributed by atoms with Crippen LogP contribution in [0.1, 0.15) is 16.1 Å². The zero-order valence-electron chi connectivity index (χ0n) is 13.0. The number of nitrogens with one attached hydrogen (secondary N) is 1. The first-order chi connectivity index (χ1) is 11.7. The zero-order chi connectivity index (χ0) is 16.5. The SMILES string of the molecule is Cn1nc(CNC(=O)c2ccc3c(c2)OCO3)cc1-c1cccs1. The predicted octanol–water partition coefficient (Wildman–Crippen LogP) is 2.81. The van der Waals surface area contributed by atoms with E-state index in [1.165, 1.54) is 0 Å². The van der Waals surface area contributed by atoms with E-state index in [9.17, 15) is 4.79 Å². The molecule has 1 N–H and O–H groups in total. The predicted molar refractivity (Wildman–Crippen MR) is 90.3 cm³/mol. The van der Waals surface area contributed by atoms with Crippen LogP contribution in [0, 0.1) is 0 Å². The summed E-state index contributed by atoms with van der Waals surface area (Å²) in [5, 5.41) is 9.37. The smallest absolute Gasteiger partial charge is 0.251 e. The molecular formula is C17H15N3O3S. The molecule has 0 unspecified atom stereocenters. The van der Waals surface area contributed by atoms with Crippen LogP contribution in [0.3, 0.4) is 0 Å². The lowest BCUT2D eigenvalue weighted by Gasteiger charge is -2.04. The summed E-state index contributed by atoms with van der Waals surface area (Å²) in [4.78, 5) is 13.4. The lowest BCUT2D eigenvalue weighted by Crippen LogP contribution is -2.23. The highest BCUT2D eigenvalue weighted by atomic mass is 32.1. The molecule has 6 nitrogen and oxygen atoms in total. The average molecular weight is 341 g/mol. The molecule has 0 fully saturated rings. The van der Waals surface area contributed by atoms with Gasteiger partial charge in [0.25, 0.3) is 5.91 Å². The number of nitrogens with zero attached hydrogens (tertiary/aromatic N) is 2. The lowest BCUT2D eigenvalue weighted by molar-refractivity contribution is 0.0950. The summed E-state index contributed by atoms with van der Waals surface area (Å²) in [6.45, 7) is 0.562. The Morgan fingerprint density at radius 1 is 1.29 bits per heavy atom. The standard InChI is InChI=1S/C17H15N3O3S/c1-20-13(16-3-2-6-24-16)8-12(19-20)9-18-17(21)11-4-5-14-15(7-11)23-10-22-14/h2-8H,9-10H2,1H3,(H,18,21). The van der Waals surface area contributed by atoms with Gasteiger partial charge in [0.05, 0.1) is 22.8 Å². The Bertz CT molecular complexity index is 887. The van der Waals surface area contributed by atoms with Crippen molar-refractivity contribution in [1.29, 1.82) is 0 Å². The van der Waals surface area contributed by atoms with E-state index in [1.54, 1.807) is 29.5 Å². The number of carbonyl (C=O) groups excluding carboxylic acids is 1. The number of benzene rings is 1. The van der Waals surface area contributed by atoms with E-state index < -0.39 is 0 Å². The number of thiophene rings is 1. The molecule has 0 aliphatic carbocycles. The molecule has 2 aromatic heterocycles. The van der Waals surface area contributed by atoms with E-state index in [4.69, 9.17) is 9.47 Å². The minimum absolute atomic E-state index is 0.170. The van der Waals surface area contributed by atoms with E-state index in [0.717, 1.165) is 16.3 Å². The van der Waals surface area contributed by atoms with Gasteiger partial charge in [-0.2, -0.15) is 5.10 Å². The van der Waals surface area contributed by atoms with Crippen LogP contribution < -0.4 is 14.8 Å². The van der Waals surface area contributed by atoms with Crippen molar-refractivity contribution in [3.63, 3.8) is 0 Å². The summed E-state index contributed by atoms with van der Waals surface area (Å²) in [5.41, 5.74) is 2.39. The van der Waals surface area contributed by atoms with Gasteiger partial charge in [0.2, 0.25) is 6.79 Å². The number of fused-ring (bicyclic) bond motifs is 1. The molecule has 1 amide bonds. The van der Waals surface area contributed by atoms with Gasteiger partial charge in [-0.1, -0.05) is 6.07 Å². The summed E-state index contributed by atoms with van der Waals surface area (Å²) < 4.78 is 12.4. The number of amides is 1. The van der Waals surface area contributed by atoms with Gasteiger partial charge in [0, 0.05) is 12.6 Å². The van der Waals surface area contributed by atoms with Crippen LogP contribution in [0.5, 0.6) is 11.5 Å². The summed E-state index contributed by atoms with van der Waals surface area (Å²) in [7, 11) is 1.90. The number of ether oxygens (including phenoxy) is 2. The first-order valence-electron chi connectivity index (χ1n) is 7.45. The molecule has 0 atom stereocenters. The third-order valence-corrected chi connectivity index (χ3v) is 4.66. The number of hydrogen-bond acceptors (Lipinski definition) is 5. The molecule has 0 bridgehead atoms. The summed E-state index contributed by atoms with van der Waals surface area (Å²) >= 11 is 1.66. The molecule has 3 heterocycles.